The third-order valence-corrected chi connectivity index (χ3v) is 7.91. The first-order valence-electron chi connectivity index (χ1n) is 10.1. The van der Waals surface area contributed by atoms with Gasteiger partial charge in [-0.1, -0.05) is 33.1 Å². The van der Waals surface area contributed by atoms with E-state index in [-0.39, 0.29) is 5.92 Å². The van der Waals surface area contributed by atoms with Gasteiger partial charge in [0.2, 0.25) is 0 Å². The van der Waals surface area contributed by atoms with Gasteiger partial charge in [-0.05, 0) is 49.9 Å². The molecule has 1 saturated heterocycles. The van der Waals surface area contributed by atoms with Gasteiger partial charge in [0.1, 0.15) is 0 Å². The van der Waals surface area contributed by atoms with E-state index in [1.165, 1.54) is 51.4 Å². The van der Waals surface area contributed by atoms with Crippen LogP contribution in [0.1, 0.15) is 71.6 Å². The highest BCUT2D eigenvalue weighted by Crippen LogP contribution is 2.35. The minimum atomic E-state index is -2.82. The highest BCUT2D eigenvalue weighted by molar-refractivity contribution is 7.91. The molecule has 5 nitrogen and oxygen atoms in total. The van der Waals surface area contributed by atoms with Gasteiger partial charge in [-0.25, -0.2) is 8.42 Å². The van der Waals surface area contributed by atoms with E-state index in [9.17, 15) is 8.42 Å². The maximum atomic E-state index is 11.7. The molecule has 1 aliphatic heterocycles. The van der Waals surface area contributed by atoms with Crippen molar-refractivity contribution < 1.29 is 8.42 Å². The van der Waals surface area contributed by atoms with Crippen molar-refractivity contribution in [3.63, 3.8) is 0 Å². The van der Waals surface area contributed by atoms with Gasteiger partial charge >= 0.3 is 0 Å². The van der Waals surface area contributed by atoms with Crippen LogP contribution in [-0.2, 0) is 9.84 Å². The van der Waals surface area contributed by atoms with E-state index in [0.29, 0.717) is 35.5 Å². The summed E-state index contributed by atoms with van der Waals surface area (Å²) in [4.78, 5) is 4.81. The van der Waals surface area contributed by atoms with Crippen LogP contribution in [0.15, 0.2) is 4.99 Å². The van der Waals surface area contributed by atoms with Crippen LogP contribution in [0, 0.1) is 11.3 Å². The monoisotopic (exact) mass is 369 g/mol. The number of nitrogens with one attached hydrogen (secondary N) is 2. The van der Waals surface area contributed by atoms with E-state index < -0.39 is 9.84 Å². The normalized spacial score (nSPS) is 32.6. The molecule has 0 amide bonds. The lowest BCUT2D eigenvalue weighted by Crippen LogP contribution is -2.49. The largest absolute Gasteiger partial charge is 0.354 e. The average molecular weight is 370 g/mol. The van der Waals surface area contributed by atoms with Gasteiger partial charge in [0.25, 0.3) is 0 Å². The lowest BCUT2D eigenvalue weighted by atomic mass is 9.75. The third-order valence-electron chi connectivity index (χ3n) is 6.08. The molecule has 3 fully saturated rings. The van der Waals surface area contributed by atoms with Gasteiger partial charge < -0.3 is 10.6 Å². The fourth-order valence-corrected chi connectivity index (χ4v) is 6.50. The van der Waals surface area contributed by atoms with E-state index in [1.54, 1.807) is 0 Å². The second-order valence-electron chi connectivity index (χ2n) is 9.19. The Balaban J connectivity index is 1.61. The van der Waals surface area contributed by atoms with Crippen molar-refractivity contribution in [1.82, 2.24) is 10.6 Å². The molecule has 3 rings (SSSR count). The molecule has 0 aromatic rings. The summed E-state index contributed by atoms with van der Waals surface area (Å²) >= 11 is 0. The lowest BCUT2D eigenvalue weighted by Gasteiger charge is -2.36. The molecule has 0 radical (unpaired) electrons. The molecule has 2 atom stereocenters. The molecule has 2 saturated carbocycles. The van der Waals surface area contributed by atoms with Crippen molar-refractivity contribution in [2.75, 3.05) is 18.1 Å². The number of guanidine groups is 1. The maximum absolute atomic E-state index is 11.7. The van der Waals surface area contributed by atoms with Crippen molar-refractivity contribution in [3.05, 3.63) is 0 Å². The smallest absolute Gasteiger partial charge is 0.191 e. The predicted octanol–water partition coefficient (Wildman–Crippen LogP) is 2.87. The number of hydrogen-bond donors (Lipinski definition) is 2. The van der Waals surface area contributed by atoms with Gasteiger partial charge in [-0.3, -0.25) is 4.99 Å². The molecule has 0 aromatic carbocycles. The number of sulfone groups is 1. The summed E-state index contributed by atoms with van der Waals surface area (Å²) < 4.78 is 23.3. The van der Waals surface area contributed by atoms with Crippen molar-refractivity contribution in [2.24, 2.45) is 16.3 Å². The molecule has 25 heavy (non-hydrogen) atoms. The predicted molar refractivity (Wildman–Crippen MR) is 104 cm³/mol. The van der Waals surface area contributed by atoms with E-state index in [0.717, 1.165) is 12.4 Å². The first-order chi connectivity index (χ1) is 11.8. The minimum Gasteiger partial charge on any atom is -0.354 e. The molecule has 2 aliphatic carbocycles. The Morgan fingerprint density at radius 1 is 1.04 bits per heavy atom. The zero-order valence-electron chi connectivity index (χ0n) is 15.9. The molecule has 2 unspecified atom stereocenters. The Labute approximate surface area is 153 Å². The molecule has 0 aromatic heterocycles. The summed E-state index contributed by atoms with van der Waals surface area (Å²) in [7, 11) is -2.82. The first-order valence-corrected chi connectivity index (χ1v) is 11.9. The lowest BCUT2D eigenvalue weighted by molar-refractivity contribution is 0.210. The first kappa shape index (κ1) is 19.0. The Morgan fingerprint density at radius 2 is 1.72 bits per heavy atom. The summed E-state index contributed by atoms with van der Waals surface area (Å²) in [5.74, 6) is 1.75. The summed E-state index contributed by atoms with van der Waals surface area (Å²) in [6.07, 6.45) is 10.7. The van der Waals surface area contributed by atoms with E-state index in [1.807, 2.05) is 0 Å². The average Bonchev–Trinajstić information content (AvgIpc) is 3.13. The zero-order chi connectivity index (χ0) is 17.9. The van der Waals surface area contributed by atoms with Gasteiger partial charge in [0.05, 0.1) is 11.5 Å². The summed E-state index contributed by atoms with van der Waals surface area (Å²) in [5.41, 5.74) is 0.397. The van der Waals surface area contributed by atoms with Crippen LogP contribution in [0.2, 0.25) is 0 Å². The number of hydrogen-bond acceptors (Lipinski definition) is 3. The second kappa shape index (κ2) is 7.85. The quantitative estimate of drug-likeness (QED) is 0.590. The van der Waals surface area contributed by atoms with Crippen LogP contribution < -0.4 is 10.6 Å². The Hall–Kier alpha value is -0.780. The third kappa shape index (κ3) is 5.87. The van der Waals surface area contributed by atoms with Gasteiger partial charge in [0, 0.05) is 18.6 Å². The molecule has 1 heterocycles. The summed E-state index contributed by atoms with van der Waals surface area (Å²) in [5, 5.41) is 7.30. The molecule has 0 bridgehead atoms. The molecule has 6 heteroatoms. The van der Waals surface area contributed by atoms with Crippen molar-refractivity contribution in [1.29, 1.82) is 0 Å². The van der Waals surface area contributed by atoms with Gasteiger partial charge in [0.15, 0.2) is 15.8 Å². The molecular weight excluding hydrogens is 334 g/mol. The van der Waals surface area contributed by atoms with Crippen LogP contribution in [0.5, 0.6) is 0 Å². The van der Waals surface area contributed by atoms with Gasteiger partial charge in [-0.15, -0.1) is 0 Å². The Bertz CT molecular complexity index is 579. The van der Waals surface area contributed by atoms with Crippen LogP contribution in [0.4, 0.5) is 0 Å². The highest BCUT2D eigenvalue weighted by atomic mass is 32.2. The van der Waals surface area contributed by atoms with Crippen LogP contribution in [0.25, 0.3) is 0 Å². The van der Waals surface area contributed by atoms with Crippen molar-refractivity contribution in [3.8, 4) is 0 Å². The van der Waals surface area contributed by atoms with E-state index in [4.69, 9.17) is 4.99 Å². The SMILES string of the molecule is CC1(C)CCCC(NC(=NCC2CCS(=O)(=O)C2)NC2CCCC2)C1. The summed E-state index contributed by atoms with van der Waals surface area (Å²) in [6, 6.07) is 0.999. The van der Waals surface area contributed by atoms with Crippen LogP contribution in [0.3, 0.4) is 0 Å². The van der Waals surface area contributed by atoms with Crippen LogP contribution in [-0.4, -0.2) is 44.5 Å². The van der Waals surface area contributed by atoms with Crippen molar-refractivity contribution >= 4 is 15.8 Å². The number of aliphatic imine (C=N–C) groups is 1. The second-order valence-corrected chi connectivity index (χ2v) is 11.4. The highest BCUT2D eigenvalue weighted by Gasteiger charge is 2.30. The Morgan fingerprint density at radius 3 is 2.36 bits per heavy atom. The van der Waals surface area contributed by atoms with Crippen molar-refractivity contribution in [2.45, 2.75) is 83.7 Å². The number of nitrogens with zero attached hydrogens (tertiary/aromatic N) is 1. The summed E-state index contributed by atoms with van der Waals surface area (Å²) in [6.45, 7) is 5.33. The molecule has 3 aliphatic rings. The minimum absolute atomic E-state index is 0.190. The van der Waals surface area contributed by atoms with Gasteiger partial charge in [-0.2, -0.15) is 0 Å². The maximum Gasteiger partial charge on any atom is 0.191 e. The van der Waals surface area contributed by atoms with E-state index >= 15 is 0 Å². The topological polar surface area (TPSA) is 70.6 Å². The number of rotatable bonds is 4. The fraction of sp³-hybridized carbons (Fsp3) is 0.947. The zero-order valence-corrected chi connectivity index (χ0v) is 16.7. The van der Waals surface area contributed by atoms with E-state index in [2.05, 4.69) is 24.5 Å². The standard InChI is InChI=1S/C19H35N3O2S/c1-19(2)10-5-8-17(12-19)22-18(21-16-6-3-4-7-16)20-13-15-9-11-25(23,24)14-15/h15-17H,3-14H2,1-2H3,(H2,20,21,22). The van der Waals surface area contributed by atoms with Crippen LogP contribution >= 0.6 is 0 Å². The molecule has 0 spiro atoms. The molecular formula is C19H35N3O2S. The fourth-order valence-electron chi connectivity index (χ4n) is 4.65. The Kier molecular flexibility index (Phi) is 5.96. The molecule has 2 N–H and O–H groups in total. The molecule has 144 valence electrons.